The predicted octanol–water partition coefficient (Wildman–Crippen LogP) is 3.24. The molecule has 2 N–H and O–H groups in total. The molecule has 1 aliphatic heterocycles. The van der Waals surface area contributed by atoms with Crippen LogP contribution in [0.2, 0.25) is 0 Å². The topological polar surface area (TPSA) is 41.1 Å². The fraction of sp³-hybridized carbons (Fsp3) is 0.941. The van der Waals surface area contributed by atoms with Crippen LogP contribution in [0.5, 0.6) is 0 Å². The molecule has 2 rings (SSSR count). The molecule has 0 spiro atoms. The molecule has 3 heteroatoms. The van der Waals surface area contributed by atoms with Gasteiger partial charge in [-0.1, -0.05) is 39.0 Å². The lowest BCUT2D eigenvalue weighted by Gasteiger charge is -2.26. The van der Waals surface area contributed by atoms with Crippen molar-refractivity contribution in [2.75, 3.05) is 13.1 Å². The highest BCUT2D eigenvalue weighted by Gasteiger charge is 2.18. The second-order valence-electron chi connectivity index (χ2n) is 6.95. The standard InChI is InChI=1S/C17H32N2O/c1-14-5-7-15(8-6-14)11-13-19-17(20)10-9-16-4-2-3-12-18-16/h14-16,18H,2-13H2,1H3,(H,19,20). The van der Waals surface area contributed by atoms with Gasteiger partial charge >= 0.3 is 0 Å². The molecule has 1 saturated heterocycles. The number of amides is 1. The molecule has 1 saturated carbocycles. The maximum absolute atomic E-state index is 11.8. The summed E-state index contributed by atoms with van der Waals surface area (Å²) in [6.07, 6.45) is 12.2. The van der Waals surface area contributed by atoms with E-state index >= 15 is 0 Å². The van der Waals surface area contributed by atoms with Crippen LogP contribution >= 0.6 is 0 Å². The number of rotatable bonds is 6. The third-order valence-corrected chi connectivity index (χ3v) is 5.14. The molecule has 0 radical (unpaired) electrons. The summed E-state index contributed by atoms with van der Waals surface area (Å²) in [5.74, 6) is 2.02. The molecule has 1 atom stereocenters. The van der Waals surface area contributed by atoms with Gasteiger partial charge in [0.1, 0.15) is 0 Å². The van der Waals surface area contributed by atoms with E-state index in [2.05, 4.69) is 17.6 Å². The van der Waals surface area contributed by atoms with Gasteiger partial charge in [0.2, 0.25) is 5.91 Å². The largest absolute Gasteiger partial charge is 0.356 e. The monoisotopic (exact) mass is 280 g/mol. The van der Waals surface area contributed by atoms with Gasteiger partial charge in [0.05, 0.1) is 0 Å². The van der Waals surface area contributed by atoms with Gasteiger partial charge in [-0.25, -0.2) is 0 Å². The number of hydrogen-bond donors (Lipinski definition) is 2. The summed E-state index contributed by atoms with van der Waals surface area (Å²) in [6.45, 7) is 4.37. The van der Waals surface area contributed by atoms with E-state index in [9.17, 15) is 4.79 Å². The first-order valence-electron chi connectivity index (χ1n) is 8.74. The Balaban J connectivity index is 1.49. The van der Waals surface area contributed by atoms with Crippen molar-refractivity contribution in [1.82, 2.24) is 10.6 Å². The van der Waals surface area contributed by atoms with Crippen LogP contribution in [0.3, 0.4) is 0 Å². The van der Waals surface area contributed by atoms with Gasteiger partial charge in [-0.15, -0.1) is 0 Å². The van der Waals surface area contributed by atoms with Crippen molar-refractivity contribution in [3.63, 3.8) is 0 Å². The minimum absolute atomic E-state index is 0.251. The van der Waals surface area contributed by atoms with Gasteiger partial charge in [0.25, 0.3) is 0 Å². The van der Waals surface area contributed by atoms with E-state index in [0.29, 0.717) is 12.5 Å². The Morgan fingerprint density at radius 3 is 2.60 bits per heavy atom. The summed E-state index contributed by atoms with van der Waals surface area (Å²) < 4.78 is 0. The number of piperidine rings is 1. The lowest BCUT2D eigenvalue weighted by atomic mass is 9.81. The first-order valence-corrected chi connectivity index (χ1v) is 8.74. The summed E-state index contributed by atoms with van der Waals surface area (Å²) in [6, 6.07) is 0.578. The SMILES string of the molecule is CC1CCC(CCNC(=O)CCC2CCCCN2)CC1. The molecule has 0 aromatic carbocycles. The van der Waals surface area contributed by atoms with Crippen molar-refractivity contribution in [3.8, 4) is 0 Å². The third-order valence-electron chi connectivity index (χ3n) is 5.14. The highest BCUT2D eigenvalue weighted by molar-refractivity contribution is 5.75. The lowest BCUT2D eigenvalue weighted by Crippen LogP contribution is -2.35. The van der Waals surface area contributed by atoms with Crippen LogP contribution in [0, 0.1) is 11.8 Å². The van der Waals surface area contributed by atoms with E-state index in [0.717, 1.165) is 31.3 Å². The molecule has 1 amide bonds. The minimum atomic E-state index is 0.251. The second-order valence-corrected chi connectivity index (χ2v) is 6.95. The fourth-order valence-electron chi connectivity index (χ4n) is 3.60. The van der Waals surface area contributed by atoms with Gasteiger partial charge < -0.3 is 10.6 Å². The first-order chi connectivity index (χ1) is 9.74. The van der Waals surface area contributed by atoms with Crippen LogP contribution in [0.25, 0.3) is 0 Å². The molecule has 0 aromatic rings. The molecule has 0 bridgehead atoms. The summed E-state index contributed by atoms with van der Waals surface area (Å²) in [7, 11) is 0. The highest BCUT2D eigenvalue weighted by atomic mass is 16.1. The minimum Gasteiger partial charge on any atom is -0.356 e. The molecule has 20 heavy (non-hydrogen) atoms. The van der Waals surface area contributed by atoms with E-state index in [-0.39, 0.29) is 5.91 Å². The van der Waals surface area contributed by atoms with Crippen molar-refractivity contribution in [3.05, 3.63) is 0 Å². The Bertz CT molecular complexity index is 279. The molecule has 116 valence electrons. The molecule has 2 aliphatic rings. The maximum atomic E-state index is 11.8. The van der Waals surface area contributed by atoms with Gasteiger partial charge in [0.15, 0.2) is 0 Å². The van der Waals surface area contributed by atoms with Crippen LogP contribution in [0.1, 0.15) is 71.1 Å². The zero-order valence-electron chi connectivity index (χ0n) is 13.1. The van der Waals surface area contributed by atoms with Crippen molar-refractivity contribution < 1.29 is 4.79 Å². The van der Waals surface area contributed by atoms with E-state index in [1.807, 2.05) is 0 Å². The number of carbonyl (C=O) groups excluding carboxylic acids is 1. The summed E-state index contributed by atoms with van der Waals surface area (Å²) in [5.41, 5.74) is 0. The quantitative estimate of drug-likeness (QED) is 0.784. The lowest BCUT2D eigenvalue weighted by molar-refractivity contribution is -0.121. The number of hydrogen-bond acceptors (Lipinski definition) is 2. The summed E-state index contributed by atoms with van der Waals surface area (Å²) in [4.78, 5) is 11.8. The molecular weight excluding hydrogens is 248 g/mol. The average Bonchev–Trinajstić information content (AvgIpc) is 2.48. The molecule has 1 aliphatic carbocycles. The van der Waals surface area contributed by atoms with Crippen LogP contribution in [0.4, 0.5) is 0 Å². The molecule has 0 aromatic heterocycles. The van der Waals surface area contributed by atoms with Crippen LogP contribution in [0.15, 0.2) is 0 Å². The van der Waals surface area contributed by atoms with E-state index in [4.69, 9.17) is 0 Å². The maximum Gasteiger partial charge on any atom is 0.220 e. The number of nitrogens with one attached hydrogen (secondary N) is 2. The predicted molar refractivity (Wildman–Crippen MR) is 83.6 cm³/mol. The van der Waals surface area contributed by atoms with Gasteiger partial charge in [-0.05, 0) is 44.1 Å². The van der Waals surface area contributed by atoms with E-state index < -0.39 is 0 Å². The molecule has 2 fully saturated rings. The van der Waals surface area contributed by atoms with Gasteiger partial charge in [-0.3, -0.25) is 4.79 Å². The van der Waals surface area contributed by atoms with Crippen molar-refractivity contribution in [1.29, 1.82) is 0 Å². The fourth-order valence-corrected chi connectivity index (χ4v) is 3.60. The summed E-state index contributed by atoms with van der Waals surface area (Å²) >= 11 is 0. The molecular formula is C17H32N2O. The number of carbonyl (C=O) groups is 1. The Morgan fingerprint density at radius 2 is 1.90 bits per heavy atom. The Hall–Kier alpha value is -0.570. The third kappa shape index (κ3) is 5.82. The normalized spacial score (nSPS) is 30.9. The van der Waals surface area contributed by atoms with E-state index in [1.54, 1.807) is 0 Å². The molecule has 3 nitrogen and oxygen atoms in total. The van der Waals surface area contributed by atoms with Crippen LogP contribution < -0.4 is 10.6 Å². The summed E-state index contributed by atoms with van der Waals surface area (Å²) in [5, 5.41) is 6.62. The van der Waals surface area contributed by atoms with Crippen molar-refractivity contribution in [2.45, 2.75) is 77.2 Å². The Labute approximate surface area is 124 Å². The van der Waals surface area contributed by atoms with Crippen molar-refractivity contribution >= 4 is 5.91 Å². The zero-order valence-corrected chi connectivity index (χ0v) is 13.1. The molecule has 1 heterocycles. The average molecular weight is 280 g/mol. The molecule has 1 unspecified atom stereocenters. The van der Waals surface area contributed by atoms with Crippen molar-refractivity contribution in [2.24, 2.45) is 11.8 Å². The smallest absolute Gasteiger partial charge is 0.220 e. The van der Waals surface area contributed by atoms with Gasteiger partial charge in [-0.2, -0.15) is 0 Å². The Morgan fingerprint density at radius 1 is 1.10 bits per heavy atom. The van der Waals surface area contributed by atoms with Crippen LogP contribution in [-0.2, 0) is 4.79 Å². The zero-order chi connectivity index (χ0) is 14.2. The first kappa shape index (κ1) is 15.8. The second kappa shape index (κ2) is 8.66. The highest BCUT2D eigenvalue weighted by Crippen LogP contribution is 2.29. The van der Waals surface area contributed by atoms with E-state index in [1.165, 1.54) is 51.4 Å². The Kier molecular flexibility index (Phi) is 6.85. The van der Waals surface area contributed by atoms with Gasteiger partial charge in [0, 0.05) is 19.0 Å². The van der Waals surface area contributed by atoms with Crippen LogP contribution in [-0.4, -0.2) is 25.0 Å².